The topological polar surface area (TPSA) is 33.2 Å². The molecule has 1 saturated heterocycles. The second kappa shape index (κ2) is 4.71. The first kappa shape index (κ1) is 11.7. The first-order chi connectivity index (χ1) is 8.79. The molecular formula is C15H20N2O. The van der Waals surface area contributed by atoms with Crippen LogP contribution < -0.4 is 0 Å². The molecule has 2 fully saturated rings. The molecule has 96 valence electrons. The van der Waals surface area contributed by atoms with E-state index in [0.717, 1.165) is 13.1 Å². The van der Waals surface area contributed by atoms with Crippen molar-refractivity contribution in [3.63, 3.8) is 0 Å². The Kier molecular flexibility index (Phi) is 3.06. The molecule has 1 aromatic heterocycles. The Labute approximate surface area is 108 Å². The van der Waals surface area contributed by atoms with Crippen LogP contribution in [-0.2, 0) is 0 Å². The Hall–Kier alpha value is -1.38. The number of likely N-dealkylation sites (tertiary alicyclic amines) is 1. The molecule has 0 aromatic carbocycles. The summed E-state index contributed by atoms with van der Waals surface area (Å²) >= 11 is 0. The molecule has 3 heteroatoms. The van der Waals surface area contributed by atoms with Crippen molar-refractivity contribution in [3.05, 3.63) is 30.1 Å². The van der Waals surface area contributed by atoms with Crippen LogP contribution in [0.15, 0.2) is 24.4 Å². The van der Waals surface area contributed by atoms with E-state index in [-0.39, 0.29) is 5.91 Å². The van der Waals surface area contributed by atoms with E-state index in [1.807, 2.05) is 23.1 Å². The van der Waals surface area contributed by atoms with Gasteiger partial charge >= 0.3 is 0 Å². The van der Waals surface area contributed by atoms with Gasteiger partial charge in [0.1, 0.15) is 5.69 Å². The summed E-state index contributed by atoms with van der Waals surface area (Å²) < 4.78 is 0. The average Bonchev–Trinajstić information content (AvgIpc) is 2.83. The van der Waals surface area contributed by atoms with Crippen molar-refractivity contribution in [2.45, 2.75) is 38.5 Å². The molecule has 0 radical (unpaired) electrons. The molecule has 0 bridgehead atoms. The fourth-order valence-electron chi connectivity index (χ4n) is 3.47. The molecular weight excluding hydrogens is 224 g/mol. The van der Waals surface area contributed by atoms with Crippen LogP contribution in [0.2, 0.25) is 0 Å². The highest BCUT2D eigenvalue weighted by atomic mass is 16.2. The highest BCUT2D eigenvalue weighted by Gasteiger charge is 2.40. The van der Waals surface area contributed by atoms with E-state index in [4.69, 9.17) is 0 Å². The Morgan fingerprint density at radius 1 is 1.17 bits per heavy atom. The zero-order valence-electron chi connectivity index (χ0n) is 10.8. The molecule has 3 nitrogen and oxygen atoms in total. The zero-order valence-corrected chi connectivity index (χ0v) is 10.8. The lowest BCUT2D eigenvalue weighted by molar-refractivity contribution is 0.0753. The molecule has 18 heavy (non-hydrogen) atoms. The van der Waals surface area contributed by atoms with Gasteiger partial charge in [0.25, 0.3) is 5.91 Å². The molecule has 0 unspecified atom stereocenters. The van der Waals surface area contributed by atoms with Crippen molar-refractivity contribution in [2.75, 3.05) is 13.1 Å². The highest BCUT2D eigenvalue weighted by molar-refractivity contribution is 5.92. The third kappa shape index (κ3) is 2.14. The summed E-state index contributed by atoms with van der Waals surface area (Å²) in [4.78, 5) is 18.5. The number of hydrogen-bond donors (Lipinski definition) is 0. The summed E-state index contributed by atoms with van der Waals surface area (Å²) in [7, 11) is 0. The van der Waals surface area contributed by atoms with Crippen LogP contribution in [0.5, 0.6) is 0 Å². The molecule has 0 N–H and O–H groups in total. The molecule has 1 aromatic rings. The second-order valence-corrected chi connectivity index (χ2v) is 5.75. The van der Waals surface area contributed by atoms with E-state index in [1.165, 1.54) is 38.5 Å². The Morgan fingerprint density at radius 2 is 2.00 bits per heavy atom. The normalized spacial score (nSPS) is 22.3. The number of carbonyl (C=O) groups is 1. The van der Waals surface area contributed by atoms with Crippen LogP contribution in [0.4, 0.5) is 0 Å². The van der Waals surface area contributed by atoms with E-state index in [1.54, 1.807) is 6.20 Å². The fraction of sp³-hybridized carbons (Fsp3) is 0.600. The second-order valence-electron chi connectivity index (χ2n) is 5.75. The van der Waals surface area contributed by atoms with Gasteiger partial charge in [-0.1, -0.05) is 25.3 Å². The van der Waals surface area contributed by atoms with E-state index in [2.05, 4.69) is 4.98 Å². The molecule has 2 aliphatic rings. The van der Waals surface area contributed by atoms with E-state index in [9.17, 15) is 4.79 Å². The number of carbonyl (C=O) groups excluding carboxylic acids is 1. The average molecular weight is 244 g/mol. The number of aromatic nitrogens is 1. The number of pyridine rings is 1. The van der Waals surface area contributed by atoms with Crippen molar-refractivity contribution in [1.82, 2.24) is 9.88 Å². The van der Waals surface area contributed by atoms with Crippen molar-refractivity contribution < 1.29 is 4.79 Å². The predicted octanol–water partition coefficient (Wildman–Crippen LogP) is 2.88. The minimum atomic E-state index is 0.109. The maximum absolute atomic E-state index is 12.3. The summed E-state index contributed by atoms with van der Waals surface area (Å²) in [6, 6.07) is 5.55. The summed E-state index contributed by atoms with van der Waals surface area (Å²) in [5.41, 5.74) is 1.02. The molecule has 1 aliphatic heterocycles. The van der Waals surface area contributed by atoms with Crippen LogP contribution in [-0.4, -0.2) is 28.9 Å². The van der Waals surface area contributed by atoms with Gasteiger partial charge < -0.3 is 4.90 Å². The maximum atomic E-state index is 12.3. The zero-order chi connectivity index (χ0) is 12.4. The van der Waals surface area contributed by atoms with Crippen LogP contribution in [0.25, 0.3) is 0 Å². The fourth-order valence-corrected chi connectivity index (χ4v) is 3.47. The van der Waals surface area contributed by atoms with Gasteiger partial charge in [-0.15, -0.1) is 0 Å². The van der Waals surface area contributed by atoms with Crippen molar-refractivity contribution in [1.29, 1.82) is 0 Å². The van der Waals surface area contributed by atoms with E-state index < -0.39 is 0 Å². The lowest BCUT2D eigenvalue weighted by Gasteiger charge is -2.33. The molecule has 1 spiro atoms. The lowest BCUT2D eigenvalue weighted by Crippen LogP contribution is -2.33. The predicted molar refractivity (Wildman–Crippen MR) is 70.3 cm³/mol. The molecule has 0 atom stereocenters. The number of nitrogens with zero attached hydrogens (tertiary/aromatic N) is 2. The van der Waals surface area contributed by atoms with E-state index >= 15 is 0 Å². The summed E-state index contributed by atoms with van der Waals surface area (Å²) in [5, 5.41) is 0. The lowest BCUT2D eigenvalue weighted by atomic mass is 9.73. The molecule has 1 saturated carbocycles. The van der Waals surface area contributed by atoms with Crippen LogP contribution in [0, 0.1) is 5.41 Å². The van der Waals surface area contributed by atoms with Crippen LogP contribution in [0.3, 0.4) is 0 Å². The minimum Gasteiger partial charge on any atom is -0.337 e. The van der Waals surface area contributed by atoms with Gasteiger partial charge in [-0.25, -0.2) is 0 Å². The van der Waals surface area contributed by atoms with Gasteiger partial charge in [-0.05, 0) is 36.8 Å². The number of amides is 1. The van der Waals surface area contributed by atoms with Gasteiger partial charge in [0, 0.05) is 19.3 Å². The molecule has 3 rings (SSSR count). The Morgan fingerprint density at radius 3 is 2.72 bits per heavy atom. The summed E-state index contributed by atoms with van der Waals surface area (Å²) in [6.07, 6.45) is 9.54. The van der Waals surface area contributed by atoms with Crippen molar-refractivity contribution >= 4 is 5.91 Å². The molecule has 1 amide bonds. The largest absolute Gasteiger partial charge is 0.337 e. The van der Waals surface area contributed by atoms with Crippen LogP contribution >= 0.6 is 0 Å². The monoisotopic (exact) mass is 244 g/mol. The summed E-state index contributed by atoms with van der Waals surface area (Å²) in [5.74, 6) is 0.109. The maximum Gasteiger partial charge on any atom is 0.272 e. The Bertz CT molecular complexity index is 423. The van der Waals surface area contributed by atoms with Gasteiger partial charge in [0.2, 0.25) is 0 Å². The van der Waals surface area contributed by atoms with Gasteiger partial charge in [-0.3, -0.25) is 9.78 Å². The van der Waals surface area contributed by atoms with Gasteiger partial charge in [0.15, 0.2) is 0 Å². The van der Waals surface area contributed by atoms with Crippen molar-refractivity contribution in [3.8, 4) is 0 Å². The standard InChI is InChI=1S/C15H20N2O/c18-14(13-6-2-5-10-16-13)17-11-9-15(12-17)7-3-1-4-8-15/h2,5-6,10H,1,3-4,7-9,11-12H2. The van der Waals surface area contributed by atoms with Gasteiger partial charge in [-0.2, -0.15) is 0 Å². The first-order valence-electron chi connectivity index (χ1n) is 6.99. The quantitative estimate of drug-likeness (QED) is 0.761. The number of hydrogen-bond acceptors (Lipinski definition) is 2. The highest BCUT2D eigenvalue weighted by Crippen LogP contribution is 2.43. The molecule has 1 aliphatic carbocycles. The third-order valence-electron chi connectivity index (χ3n) is 4.52. The molecule has 2 heterocycles. The number of rotatable bonds is 1. The third-order valence-corrected chi connectivity index (χ3v) is 4.52. The van der Waals surface area contributed by atoms with Crippen LogP contribution in [0.1, 0.15) is 49.0 Å². The summed E-state index contributed by atoms with van der Waals surface area (Å²) in [6.45, 7) is 1.86. The first-order valence-corrected chi connectivity index (χ1v) is 6.99. The SMILES string of the molecule is O=C(c1ccccn1)N1CCC2(CCCCC2)C1. The van der Waals surface area contributed by atoms with Gasteiger partial charge in [0.05, 0.1) is 0 Å². The minimum absolute atomic E-state index is 0.109. The van der Waals surface area contributed by atoms with Crippen molar-refractivity contribution in [2.24, 2.45) is 5.41 Å². The smallest absolute Gasteiger partial charge is 0.272 e. The van der Waals surface area contributed by atoms with E-state index in [0.29, 0.717) is 11.1 Å². The Balaban J connectivity index is 1.70.